The minimum Gasteiger partial charge on any atom is -1.00 e. The Labute approximate surface area is 275 Å². The summed E-state index contributed by atoms with van der Waals surface area (Å²) in [7, 11) is 0. The van der Waals surface area contributed by atoms with E-state index in [-0.39, 0.29) is 51.0 Å². The van der Waals surface area contributed by atoms with Crippen LogP contribution in [0.25, 0.3) is 0 Å². The number of halogens is 2. The van der Waals surface area contributed by atoms with Crippen molar-refractivity contribution in [2.45, 2.75) is 134 Å². The predicted molar refractivity (Wildman–Crippen MR) is 158 cm³/mol. The molecule has 0 aromatic heterocycles. The Balaban J connectivity index is 0.000000688. The molecule has 2 fully saturated rings. The maximum atomic E-state index is 3.56. The summed E-state index contributed by atoms with van der Waals surface area (Å²) in [5.41, 5.74) is 5.43. The third-order valence-electron chi connectivity index (χ3n) is 12.7. The third-order valence-corrected chi connectivity index (χ3v) is 12.7. The van der Waals surface area contributed by atoms with Crippen molar-refractivity contribution >= 4 is 0 Å². The Morgan fingerprint density at radius 1 is 0.615 bits per heavy atom. The van der Waals surface area contributed by atoms with Crippen molar-refractivity contribution in [2.75, 3.05) is 0 Å². The van der Waals surface area contributed by atoms with Crippen molar-refractivity contribution < 1.29 is 51.0 Å². The van der Waals surface area contributed by atoms with Crippen molar-refractivity contribution in [1.82, 2.24) is 0 Å². The summed E-state index contributed by atoms with van der Waals surface area (Å²) in [6.45, 7) is 29.3. The van der Waals surface area contributed by atoms with Gasteiger partial charge in [-0.05, 0) is 82.9 Å². The molecule has 0 aliphatic heterocycles. The first-order valence-corrected chi connectivity index (χ1v) is 15.0. The van der Waals surface area contributed by atoms with Gasteiger partial charge >= 0.3 is 26.2 Å². The summed E-state index contributed by atoms with van der Waals surface area (Å²) in [4.78, 5) is 0. The van der Waals surface area contributed by atoms with Crippen LogP contribution in [0.2, 0.25) is 0 Å². The fourth-order valence-electron chi connectivity index (χ4n) is 7.77. The van der Waals surface area contributed by atoms with E-state index >= 15 is 0 Å². The molecule has 4 rings (SSSR count). The molecule has 2 saturated carbocycles. The van der Waals surface area contributed by atoms with Gasteiger partial charge in [0.1, 0.15) is 0 Å². The van der Waals surface area contributed by atoms with E-state index in [0.717, 1.165) is 24.7 Å². The first kappa shape index (κ1) is 39.4. The van der Waals surface area contributed by atoms with Gasteiger partial charge in [-0.15, -0.1) is 12.8 Å². The predicted octanol–water partition coefficient (Wildman–Crippen LogP) is 5.11. The summed E-state index contributed by atoms with van der Waals surface area (Å²) in [5.74, 6) is 1.48. The molecule has 0 aromatic carbocycles. The van der Waals surface area contributed by atoms with Gasteiger partial charge in [0.05, 0.1) is 0 Å². The SMILES string of the molecule is CC(C)C(C)(C)C1(C)CCC(C)(C2=[C-]CC=C2)C1.CC(C)C(C)(C)C1(C)CCC(C)(C2=[C-]CC=C2)C1.[Cl-].[Cl-].[Zr+4]. The van der Waals surface area contributed by atoms with Gasteiger partial charge in [-0.25, -0.2) is 23.3 Å². The second kappa shape index (κ2) is 13.8. The average Bonchev–Trinajstić information content (AvgIpc) is 3.56. The second-order valence-corrected chi connectivity index (χ2v) is 15.7. The van der Waals surface area contributed by atoms with Crippen LogP contribution in [0.4, 0.5) is 0 Å². The zero-order chi connectivity index (χ0) is 27.2. The van der Waals surface area contributed by atoms with E-state index in [4.69, 9.17) is 0 Å². The van der Waals surface area contributed by atoms with E-state index in [1.165, 1.54) is 49.7 Å². The van der Waals surface area contributed by atoms with E-state index in [1.807, 2.05) is 0 Å². The van der Waals surface area contributed by atoms with Crippen LogP contribution in [0.3, 0.4) is 0 Å². The van der Waals surface area contributed by atoms with E-state index in [9.17, 15) is 0 Å². The summed E-state index contributed by atoms with van der Waals surface area (Å²) in [6, 6.07) is 0. The largest absolute Gasteiger partial charge is 4.00 e. The van der Waals surface area contributed by atoms with Crippen LogP contribution in [0.5, 0.6) is 0 Å². The van der Waals surface area contributed by atoms with E-state index < -0.39 is 0 Å². The number of allylic oxidation sites excluding steroid dienone is 8. The summed E-state index contributed by atoms with van der Waals surface area (Å²) in [6.07, 6.45) is 26.3. The molecule has 0 nitrogen and oxygen atoms in total. The second-order valence-electron chi connectivity index (χ2n) is 15.7. The van der Waals surface area contributed by atoms with E-state index in [2.05, 4.69) is 120 Å². The van der Waals surface area contributed by atoms with Crippen LogP contribution in [-0.2, 0) is 26.2 Å². The Morgan fingerprint density at radius 2 is 0.923 bits per heavy atom. The molecule has 3 heteroatoms. The molecule has 4 aliphatic rings. The molecule has 0 radical (unpaired) electrons. The molecule has 4 aliphatic carbocycles. The number of hydrogen-bond acceptors (Lipinski definition) is 0. The summed E-state index contributed by atoms with van der Waals surface area (Å²) >= 11 is 0. The molecule has 4 unspecified atom stereocenters. The maximum absolute atomic E-state index is 3.56. The quantitative estimate of drug-likeness (QED) is 0.350. The summed E-state index contributed by atoms with van der Waals surface area (Å²) in [5, 5.41) is 0. The Bertz CT molecular complexity index is 860. The molecule has 4 atom stereocenters. The molecule has 0 saturated heterocycles. The average molecular weight is 653 g/mol. The molecule has 39 heavy (non-hydrogen) atoms. The van der Waals surface area contributed by atoms with Crippen LogP contribution in [-0.4, -0.2) is 0 Å². The molecule has 0 N–H and O–H groups in total. The monoisotopic (exact) mass is 650 g/mol. The zero-order valence-electron chi connectivity index (χ0n) is 27.4. The Morgan fingerprint density at radius 3 is 1.15 bits per heavy atom. The van der Waals surface area contributed by atoms with Crippen molar-refractivity contribution in [3.8, 4) is 0 Å². The van der Waals surface area contributed by atoms with Crippen LogP contribution in [0.15, 0.2) is 35.5 Å². The molecule has 0 spiro atoms. The molecule has 0 bridgehead atoms. The standard InChI is InChI=1S/2C18H29.2ClH.Zr/c2*1-14(2)16(3,4)18(6)12-11-17(5,13-18)15-9-7-8-10-15;;;/h2*7,9,14H,8,11-13H2,1-6H3;2*1H;/q2*-1;;;+4/p-2. The fraction of sp³-hybridized carbons (Fsp3) is 0.778. The van der Waals surface area contributed by atoms with Crippen molar-refractivity contribution in [2.24, 2.45) is 44.3 Å². The minimum atomic E-state index is 0. The summed E-state index contributed by atoms with van der Waals surface area (Å²) < 4.78 is 0. The van der Waals surface area contributed by atoms with Gasteiger partial charge in [-0.1, -0.05) is 83.1 Å². The molecular weight excluding hydrogens is 595 g/mol. The van der Waals surface area contributed by atoms with Gasteiger partial charge in [-0.3, -0.25) is 12.2 Å². The van der Waals surface area contributed by atoms with Gasteiger partial charge in [-0.2, -0.15) is 12.2 Å². The first-order valence-electron chi connectivity index (χ1n) is 15.0. The molecular formula is C36H58Cl2Zr. The van der Waals surface area contributed by atoms with Gasteiger partial charge in [0.25, 0.3) is 0 Å². The molecule has 0 aromatic rings. The van der Waals surface area contributed by atoms with E-state index in [0.29, 0.717) is 32.5 Å². The van der Waals surface area contributed by atoms with Gasteiger partial charge in [0.15, 0.2) is 0 Å². The van der Waals surface area contributed by atoms with Crippen LogP contribution < -0.4 is 24.8 Å². The van der Waals surface area contributed by atoms with Crippen LogP contribution in [0.1, 0.15) is 134 Å². The van der Waals surface area contributed by atoms with Crippen LogP contribution in [0, 0.1) is 56.5 Å². The van der Waals surface area contributed by atoms with Gasteiger partial charge in [0.2, 0.25) is 0 Å². The van der Waals surface area contributed by atoms with Gasteiger partial charge in [0, 0.05) is 0 Å². The Kier molecular flexibility index (Phi) is 14.0. The first-order chi connectivity index (χ1) is 16.4. The van der Waals surface area contributed by atoms with Crippen molar-refractivity contribution in [3.05, 3.63) is 47.6 Å². The number of rotatable bonds is 6. The van der Waals surface area contributed by atoms with Gasteiger partial charge < -0.3 is 24.8 Å². The van der Waals surface area contributed by atoms with Crippen LogP contribution >= 0.6 is 0 Å². The number of hydrogen-bond donors (Lipinski definition) is 0. The minimum absolute atomic E-state index is 0. The Hall–Kier alpha value is 0.423. The molecule has 0 heterocycles. The zero-order valence-corrected chi connectivity index (χ0v) is 31.3. The fourth-order valence-corrected chi connectivity index (χ4v) is 7.77. The normalized spacial score (nSPS) is 33.7. The topological polar surface area (TPSA) is 0 Å². The molecule has 220 valence electrons. The van der Waals surface area contributed by atoms with Crippen molar-refractivity contribution in [1.29, 1.82) is 0 Å². The molecule has 0 amide bonds. The van der Waals surface area contributed by atoms with E-state index in [1.54, 1.807) is 0 Å². The maximum Gasteiger partial charge on any atom is 4.00 e. The van der Waals surface area contributed by atoms with Crippen molar-refractivity contribution in [3.63, 3.8) is 0 Å². The third kappa shape index (κ3) is 7.50. The smallest absolute Gasteiger partial charge is 1.00 e.